The molecule has 0 radical (unpaired) electrons. The van der Waals surface area contributed by atoms with Crippen molar-refractivity contribution in [2.45, 2.75) is 63.1 Å². The van der Waals surface area contributed by atoms with Gasteiger partial charge in [-0.3, -0.25) is 4.79 Å². The van der Waals surface area contributed by atoms with Crippen LogP contribution in [0.3, 0.4) is 0 Å². The van der Waals surface area contributed by atoms with Crippen molar-refractivity contribution in [2.75, 3.05) is 5.75 Å². The number of hydrogen-bond acceptors (Lipinski definition) is 5. The molecule has 1 saturated carbocycles. The summed E-state index contributed by atoms with van der Waals surface area (Å²) in [5.41, 5.74) is 0.931. The highest BCUT2D eigenvalue weighted by molar-refractivity contribution is 7.99. The standard InChI is InChI=1S/C18H26N4O2S/c1-13-15(10-11-24-13)17-20-21-18(22(17)2)25-12-16(23)19-14-8-6-4-3-5-7-9-14/h10-11,14H,3-9,12H2,1-2H3,(H,19,23). The zero-order valence-corrected chi connectivity index (χ0v) is 15.8. The first-order valence-electron chi connectivity index (χ1n) is 9.01. The van der Waals surface area contributed by atoms with Crippen molar-refractivity contribution in [1.82, 2.24) is 20.1 Å². The summed E-state index contributed by atoms with van der Waals surface area (Å²) in [6, 6.07) is 2.21. The van der Waals surface area contributed by atoms with Gasteiger partial charge in [0.25, 0.3) is 0 Å². The van der Waals surface area contributed by atoms with Gasteiger partial charge in [-0.05, 0) is 25.8 Å². The second-order valence-corrected chi connectivity index (χ2v) is 7.60. The molecule has 3 rings (SSSR count). The van der Waals surface area contributed by atoms with Gasteiger partial charge in [-0.15, -0.1) is 10.2 Å². The van der Waals surface area contributed by atoms with Gasteiger partial charge < -0.3 is 14.3 Å². The van der Waals surface area contributed by atoms with Crippen LogP contribution in [0, 0.1) is 6.92 Å². The van der Waals surface area contributed by atoms with Crippen molar-refractivity contribution in [3.8, 4) is 11.4 Å². The Hall–Kier alpha value is -1.76. The molecule has 1 aliphatic rings. The summed E-state index contributed by atoms with van der Waals surface area (Å²) in [7, 11) is 1.91. The number of aromatic nitrogens is 3. The monoisotopic (exact) mass is 362 g/mol. The lowest BCUT2D eigenvalue weighted by molar-refractivity contribution is -0.119. The van der Waals surface area contributed by atoms with Crippen molar-refractivity contribution in [3.63, 3.8) is 0 Å². The molecule has 2 aromatic rings. The molecule has 2 heterocycles. The maximum Gasteiger partial charge on any atom is 0.230 e. The number of carbonyl (C=O) groups is 1. The highest BCUT2D eigenvalue weighted by Crippen LogP contribution is 2.25. The molecule has 1 amide bonds. The SMILES string of the molecule is Cc1occc1-c1nnc(SCC(=O)NC2CCCCCCC2)n1C. The fourth-order valence-corrected chi connectivity index (χ4v) is 4.01. The third-order valence-electron chi connectivity index (χ3n) is 4.74. The van der Waals surface area contributed by atoms with Crippen LogP contribution in [0.1, 0.15) is 50.7 Å². The third-order valence-corrected chi connectivity index (χ3v) is 5.76. The van der Waals surface area contributed by atoms with Crippen LogP contribution in [0.2, 0.25) is 0 Å². The largest absolute Gasteiger partial charge is 0.469 e. The van der Waals surface area contributed by atoms with Crippen LogP contribution in [0.25, 0.3) is 11.4 Å². The lowest BCUT2D eigenvalue weighted by Gasteiger charge is -2.20. The zero-order chi connectivity index (χ0) is 17.6. The zero-order valence-electron chi connectivity index (χ0n) is 15.0. The van der Waals surface area contributed by atoms with Gasteiger partial charge in [0.15, 0.2) is 11.0 Å². The fraction of sp³-hybridized carbons (Fsp3) is 0.611. The summed E-state index contributed by atoms with van der Waals surface area (Å²) in [6.07, 6.45) is 10.2. The van der Waals surface area contributed by atoms with Crippen molar-refractivity contribution >= 4 is 17.7 Å². The lowest BCUT2D eigenvalue weighted by atomic mass is 9.97. The molecular formula is C18H26N4O2S. The van der Waals surface area contributed by atoms with E-state index < -0.39 is 0 Å². The number of nitrogens with one attached hydrogen (secondary N) is 1. The number of carbonyl (C=O) groups excluding carboxylic acids is 1. The third kappa shape index (κ3) is 4.66. The fourth-order valence-electron chi connectivity index (χ4n) is 3.29. The number of furan rings is 1. The van der Waals surface area contributed by atoms with Gasteiger partial charge in [-0.1, -0.05) is 43.9 Å². The predicted octanol–water partition coefficient (Wildman–Crippen LogP) is 3.70. The van der Waals surface area contributed by atoms with Crippen molar-refractivity contribution in [2.24, 2.45) is 7.05 Å². The quantitative estimate of drug-likeness (QED) is 0.821. The highest BCUT2D eigenvalue weighted by atomic mass is 32.2. The van der Waals surface area contributed by atoms with Crippen LogP contribution in [0.5, 0.6) is 0 Å². The molecule has 1 fully saturated rings. The van der Waals surface area contributed by atoms with Crippen LogP contribution >= 0.6 is 11.8 Å². The number of rotatable bonds is 5. The minimum Gasteiger partial charge on any atom is -0.469 e. The van der Waals surface area contributed by atoms with Gasteiger partial charge in [-0.25, -0.2) is 0 Å². The van der Waals surface area contributed by atoms with Gasteiger partial charge in [0, 0.05) is 13.1 Å². The molecule has 0 unspecified atom stereocenters. The van der Waals surface area contributed by atoms with Crippen LogP contribution < -0.4 is 5.32 Å². The predicted molar refractivity (Wildman–Crippen MR) is 98.4 cm³/mol. The molecule has 2 aromatic heterocycles. The summed E-state index contributed by atoms with van der Waals surface area (Å²) >= 11 is 1.42. The number of hydrogen-bond donors (Lipinski definition) is 1. The Bertz CT molecular complexity index is 702. The van der Waals surface area contributed by atoms with Crippen molar-refractivity contribution in [1.29, 1.82) is 0 Å². The van der Waals surface area contributed by atoms with E-state index in [4.69, 9.17) is 4.42 Å². The van der Waals surface area contributed by atoms with E-state index in [1.807, 2.05) is 24.6 Å². The molecule has 25 heavy (non-hydrogen) atoms. The number of thioether (sulfide) groups is 1. The van der Waals surface area contributed by atoms with Gasteiger partial charge in [0.05, 0.1) is 17.6 Å². The Labute approximate surface area is 152 Å². The molecule has 0 atom stereocenters. The first-order chi connectivity index (χ1) is 12.1. The average molecular weight is 362 g/mol. The minimum atomic E-state index is 0.0830. The summed E-state index contributed by atoms with van der Waals surface area (Å²) in [4.78, 5) is 12.3. The highest BCUT2D eigenvalue weighted by Gasteiger charge is 2.17. The Morgan fingerprint density at radius 1 is 1.28 bits per heavy atom. The van der Waals surface area contributed by atoms with Crippen molar-refractivity contribution < 1.29 is 9.21 Å². The van der Waals surface area contributed by atoms with Crippen LogP contribution in [-0.2, 0) is 11.8 Å². The number of amides is 1. The summed E-state index contributed by atoms with van der Waals surface area (Å²) in [5.74, 6) is 2.02. The summed E-state index contributed by atoms with van der Waals surface area (Å²) in [6.45, 7) is 1.90. The summed E-state index contributed by atoms with van der Waals surface area (Å²) < 4.78 is 7.24. The van der Waals surface area contributed by atoms with E-state index in [1.165, 1.54) is 43.9 Å². The topological polar surface area (TPSA) is 72.9 Å². The van der Waals surface area contributed by atoms with Crippen LogP contribution in [0.15, 0.2) is 21.9 Å². The van der Waals surface area contributed by atoms with E-state index in [1.54, 1.807) is 6.26 Å². The van der Waals surface area contributed by atoms with Gasteiger partial charge >= 0.3 is 0 Å². The molecule has 136 valence electrons. The van der Waals surface area contributed by atoms with Crippen LogP contribution in [0.4, 0.5) is 0 Å². The summed E-state index contributed by atoms with van der Waals surface area (Å²) in [5, 5.41) is 12.4. The van der Waals surface area contributed by atoms with E-state index in [-0.39, 0.29) is 5.91 Å². The van der Waals surface area contributed by atoms with E-state index in [0.717, 1.165) is 35.1 Å². The molecule has 7 heteroatoms. The normalized spacial score (nSPS) is 16.4. The van der Waals surface area contributed by atoms with E-state index in [9.17, 15) is 4.79 Å². The van der Waals surface area contributed by atoms with Crippen molar-refractivity contribution in [3.05, 3.63) is 18.1 Å². The first-order valence-corrected chi connectivity index (χ1v) is 9.99. The maximum absolute atomic E-state index is 12.3. The Morgan fingerprint density at radius 3 is 2.68 bits per heavy atom. The Kier molecular flexibility index (Phi) is 6.18. The van der Waals surface area contributed by atoms with E-state index in [0.29, 0.717) is 11.8 Å². The molecule has 1 N–H and O–H groups in total. The number of aryl methyl sites for hydroxylation is 1. The van der Waals surface area contributed by atoms with E-state index in [2.05, 4.69) is 15.5 Å². The molecule has 0 bridgehead atoms. The van der Waals surface area contributed by atoms with Gasteiger partial charge in [0.1, 0.15) is 5.76 Å². The van der Waals surface area contributed by atoms with Gasteiger partial charge in [0.2, 0.25) is 5.91 Å². The number of nitrogens with zero attached hydrogens (tertiary/aromatic N) is 3. The average Bonchev–Trinajstić information content (AvgIpc) is 3.13. The van der Waals surface area contributed by atoms with Crippen LogP contribution in [-0.4, -0.2) is 32.5 Å². The molecule has 6 nitrogen and oxygen atoms in total. The molecular weight excluding hydrogens is 336 g/mol. The first kappa shape index (κ1) is 18.0. The van der Waals surface area contributed by atoms with Gasteiger partial charge in [-0.2, -0.15) is 0 Å². The molecule has 1 aliphatic carbocycles. The van der Waals surface area contributed by atoms with E-state index >= 15 is 0 Å². The second-order valence-electron chi connectivity index (χ2n) is 6.65. The smallest absolute Gasteiger partial charge is 0.230 e. The maximum atomic E-state index is 12.3. The Morgan fingerprint density at radius 2 is 2.00 bits per heavy atom. The molecule has 0 aliphatic heterocycles. The molecule has 0 spiro atoms. The minimum absolute atomic E-state index is 0.0830. The lowest BCUT2D eigenvalue weighted by Crippen LogP contribution is -2.36. The molecule has 0 aromatic carbocycles. The second kappa shape index (κ2) is 8.56. The Balaban J connectivity index is 1.54. The molecule has 0 saturated heterocycles.